The second-order valence-corrected chi connectivity index (χ2v) is 9.67. The number of aryl methyl sites for hydroxylation is 1. The normalized spacial score (nSPS) is 19.2. The third kappa shape index (κ3) is 5.44. The number of nitrogens with one attached hydrogen (secondary N) is 2. The number of oxazole rings is 1. The van der Waals surface area contributed by atoms with Gasteiger partial charge in [0.15, 0.2) is 17.1 Å². The fourth-order valence-electron chi connectivity index (χ4n) is 5.07. The van der Waals surface area contributed by atoms with Crippen molar-refractivity contribution in [3.63, 3.8) is 0 Å². The van der Waals surface area contributed by atoms with E-state index in [9.17, 15) is 18.4 Å². The molecule has 13 heteroatoms. The number of amides is 1. The molecule has 0 radical (unpaired) electrons. The molecule has 1 saturated carbocycles. The summed E-state index contributed by atoms with van der Waals surface area (Å²) in [5.74, 6) is -3.00. The summed E-state index contributed by atoms with van der Waals surface area (Å²) in [5, 5.41) is 10.1. The van der Waals surface area contributed by atoms with E-state index in [1.807, 2.05) is 0 Å². The van der Waals surface area contributed by atoms with Crippen LogP contribution in [0.4, 0.5) is 13.2 Å². The van der Waals surface area contributed by atoms with Gasteiger partial charge >= 0.3 is 0 Å². The number of pyridine rings is 1. The molecule has 3 aromatic heterocycles. The van der Waals surface area contributed by atoms with Gasteiger partial charge in [0.25, 0.3) is 11.5 Å². The fourth-order valence-corrected chi connectivity index (χ4v) is 5.07. The summed E-state index contributed by atoms with van der Waals surface area (Å²) in [6.45, 7) is 1.53. The molecule has 0 bridgehead atoms. The standard InChI is InChI=1S/C26H26F3N5O5/c1-12-21(34-39-33-12)25(36)32-22(13-3-5-15(27)6-4-13)26-31-20-8-14(7-19(29)23(20)38-26)18(11-37-2)17-9-16(28)10-30-24(17)35/h7-10,13,15,18,22H,3-6,11H2,1-2H3,(H,30,35)(H,32,36). The van der Waals surface area contributed by atoms with Crippen LogP contribution >= 0.6 is 0 Å². The molecule has 3 heterocycles. The third-order valence-electron chi connectivity index (χ3n) is 7.08. The van der Waals surface area contributed by atoms with Gasteiger partial charge in [-0.25, -0.2) is 22.8 Å². The molecule has 5 rings (SSSR count). The Morgan fingerprint density at radius 1 is 1.21 bits per heavy atom. The molecule has 1 aliphatic carbocycles. The summed E-state index contributed by atoms with van der Waals surface area (Å²) in [7, 11) is 1.41. The van der Waals surface area contributed by atoms with E-state index in [0.717, 1.165) is 12.3 Å². The number of fused-ring (bicyclic) bond motifs is 1. The first-order valence-electron chi connectivity index (χ1n) is 12.5. The Kier molecular flexibility index (Phi) is 7.51. The van der Waals surface area contributed by atoms with E-state index in [0.29, 0.717) is 31.2 Å². The first-order chi connectivity index (χ1) is 18.7. The van der Waals surface area contributed by atoms with Gasteiger partial charge < -0.3 is 19.5 Å². The molecule has 2 atom stereocenters. The lowest BCUT2D eigenvalue weighted by Gasteiger charge is -2.30. The molecule has 206 valence electrons. The fraction of sp³-hybridized carbons (Fsp3) is 0.423. The predicted octanol–water partition coefficient (Wildman–Crippen LogP) is 4.26. The van der Waals surface area contributed by atoms with Gasteiger partial charge in [-0.15, -0.1) is 0 Å². The van der Waals surface area contributed by atoms with Crippen molar-refractivity contribution in [2.75, 3.05) is 13.7 Å². The zero-order chi connectivity index (χ0) is 27.7. The largest absolute Gasteiger partial charge is 0.435 e. The van der Waals surface area contributed by atoms with E-state index in [1.165, 1.54) is 19.2 Å². The highest BCUT2D eigenvalue weighted by Gasteiger charge is 2.35. The van der Waals surface area contributed by atoms with E-state index in [2.05, 4.69) is 30.2 Å². The van der Waals surface area contributed by atoms with Gasteiger partial charge in [-0.1, -0.05) is 5.16 Å². The monoisotopic (exact) mass is 545 g/mol. The van der Waals surface area contributed by atoms with Gasteiger partial charge in [-0.3, -0.25) is 9.59 Å². The lowest BCUT2D eigenvalue weighted by atomic mass is 9.83. The highest BCUT2D eigenvalue weighted by molar-refractivity contribution is 5.93. The smallest absolute Gasteiger partial charge is 0.276 e. The van der Waals surface area contributed by atoms with Crippen molar-refractivity contribution >= 4 is 17.0 Å². The SMILES string of the molecule is COCC(c1cc(F)c2oc(C(NC(=O)c3nonc3C)C3CCC(F)CC3)nc2c1)c1cc(F)c[nH]c1=O. The molecular weight excluding hydrogens is 519 g/mol. The number of ether oxygens (including phenoxy) is 1. The maximum Gasteiger partial charge on any atom is 0.276 e. The number of carbonyl (C=O) groups excluding carboxylic acids is 1. The number of hydrogen-bond donors (Lipinski definition) is 2. The van der Waals surface area contributed by atoms with E-state index in [4.69, 9.17) is 9.15 Å². The molecule has 0 spiro atoms. The van der Waals surface area contributed by atoms with Crippen LogP contribution in [0.5, 0.6) is 0 Å². The van der Waals surface area contributed by atoms with Crippen LogP contribution in [0, 0.1) is 24.5 Å². The van der Waals surface area contributed by atoms with Crippen molar-refractivity contribution < 1.29 is 31.7 Å². The molecule has 1 aromatic carbocycles. The average molecular weight is 546 g/mol. The lowest BCUT2D eigenvalue weighted by molar-refractivity contribution is 0.0876. The molecule has 0 saturated heterocycles. The van der Waals surface area contributed by atoms with Crippen molar-refractivity contribution in [2.45, 2.75) is 50.7 Å². The Balaban J connectivity index is 1.54. The summed E-state index contributed by atoms with van der Waals surface area (Å²) in [4.78, 5) is 32.2. The highest BCUT2D eigenvalue weighted by Crippen LogP contribution is 2.38. The van der Waals surface area contributed by atoms with Crippen molar-refractivity contribution in [3.8, 4) is 0 Å². The molecular formula is C26H26F3N5O5. The number of benzene rings is 1. The minimum absolute atomic E-state index is 0.0218. The summed E-state index contributed by atoms with van der Waals surface area (Å²) in [5.41, 5.74) is 0.0747. The average Bonchev–Trinajstić information content (AvgIpc) is 3.54. The molecule has 10 nitrogen and oxygen atoms in total. The number of methoxy groups -OCH3 is 1. The molecule has 1 aliphatic rings. The van der Waals surface area contributed by atoms with Gasteiger partial charge in [-0.05, 0) is 67.4 Å². The Labute approximate surface area is 219 Å². The lowest BCUT2D eigenvalue weighted by Crippen LogP contribution is -2.36. The van der Waals surface area contributed by atoms with Crippen LogP contribution in [0.15, 0.2) is 38.2 Å². The minimum Gasteiger partial charge on any atom is -0.435 e. The summed E-state index contributed by atoms with van der Waals surface area (Å²) >= 11 is 0. The molecule has 2 unspecified atom stereocenters. The van der Waals surface area contributed by atoms with E-state index < -0.39 is 41.2 Å². The molecule has 1 fully saturated rings. The van der Waals surface area contributed by atoms with Crippen LogP contribution in [-0.4, -0.2) is 46.1 Å². The number of alkyl halides is 1. The van der Waals surface area contributed by atoms with Crippen LogP contribution in [0.1, 0.15) is 70.8 Å². The number of rotatable bonds is 8. The van der Waals surface area contributed by atoms with E-state index in [1.54, 1.807) is 6.92 Å². The maximum atomic E-state index is 15.3. The van der Waals surface area contributed by atoms with Crippen LogP contribution in [0.2, 0.25) is 0 Å². The Hall–Kier alpha value is -4.00. The van der Waals surface area contributed by atoms with Crippen LogP contribution < -0.4 is 10.9 Å². The topological polar surface area (TPSA) is 136 Å². The summed E-state index contributed by atoms with van der Waals surface area (Å²) < 4.78 is 58.9. The number of hydrogen-bond acceptors (Lipinski definition) is 8. The molecule has 4 aromatic rings. The molecule has 1 amide bonds. The zero-order valence-corrected chi connectivity index (χ0v) is 21.2. The van der Waals surface area contributed by atoms with Gasteiger partial charge in [-0.2, -0.15) is 0 Å². The van der Waals surface area contributed by atoms with Crippen molar-refractivity contribution in [2.24, 2.45) is 5.92 Å². The highest BCUT2D eigenvalue weighted by atomic mass is 19.1. The van der Waals surface area contributed by atoms with Gasteiger partial charge in [0.1, 0.15) is 29.2 Å². The number of aromatic amines is 1. The van der Waals surface area contributed by atoms with Crippen LogP contribution in [0.3, 0.4) is 0 Å². The number of nitrogens with zero attached hydrogens (tertiary/aromatic N) is 3. The summed E-state index contributed by atoms with van der Waals surface area (Å²) in [6, 6.07) is 2.98. The Morgan fingerprint density at radius 2 is 1.97 bits per heavy atom. The first kappa shape index (κ1) is 26.6. The van der Waals surface area contributed by atoms with E-state index in [-0.39, 0.29) is 46.5 Å². The molecule has 2 N–H and O–H groups in total. The minimum atomic E-state index is -0.938. The zero-order valence-electron chi connectivity index (χ0n) is 21.2. The molecule has 39 heavy (non-hydrogen) atoms. The number of aromatic nitrogens is 4. The molecule has 0 aliphatic heterocycles. The quantitative estimate of drug-likeness (QED) is 0.335. The van der Waals surface area contributed by atoms with Crippen molar-refractivity contribution in [1.82, 2.24) is 25.6 Å². The Morgan fingerprint density at radius 3 is 2.67 bits per heavy atom. The van der Waals surface area contributed by atoms with Gasteiger partial charge in [0, 0.05) is 24.8 Å². The predicted molar refractivity (Wildman–Crippen MR) is 131 cm³/mol. The number of halogens is 3. The van der Waals surface area contributed by atoms with Crippen LogP contribution in [-0.2, 0) is 4.74 Å². The van der Waals surface area contributed by atoms with E-state index >= 15 is 4.39 Å². The van der Waals surface area contributed by atoms with Gasteiger partial charge in [0.2, 0.25) is 5.89 Å². The third-order valence-corrected chi connectivity index (χ3v) is 7.08. The van der Waals surface area contributed by atoms with Gasteiger partial charge in [0.05, 0.1) is 6.61 Å². The number of carbonyl (C=O) groups is 1. The Bertz CT molecular complexity index is 1540. The van der Waals surface area contributed by atoms with Crippen molar-refractivity contribution in [3.05, 3.63) is 74.8 Å². The maximum absolute atomic E-state index is 15.3. The second-order valence-electron chi connectivity index (χ2n) is 9.67. The second kappa shape index (κ2) is 11.0. The number of H-pyrrole nitrogens is 1. The van der Waals surface area contributed by atoms with Crippen LogP contribution in [0.25, 0.3) is 11.1 Å². The summed E-state index contributed by atoms with van der Waals surface area (Å²) in [6.07, 6.45) is 1.51. The van der Waals surface area contributed by atoms with Crippen molar-refractivity contribution in [1.29, 1.82) is 0 Å². The first-order valence-corrected chi connectivity index (χ1v) is 12.5.